The lowest BCUT2D eigenvalue weighted by Gasteiger charge is -2.22. The van der Waals surface area contributed by atoms with Gasteiger partial charge in [0, 0.05) is 10.9 Å². The van der Waals surface area contributed by atoms with Crippen LogP contribution in [0.3, 0.4) is 0 Å². The number of methoxy groups -OCH3 is 3. The van der Waals surface area contributed by atoms with Crippen LogP contribution in [0.25, 0.3) is 10.6 Å². The molecule has 9 heteroatoms. The molecule has 1 saturated heterocycles. The van der Waals surface area contributed by atoms with Crippen molar-refractivity contribution in [3.63, 3.8) is 0 Å². The van der Waals surface area contributed by atoms with Crippen molar-refractivity contribution in [2.45, 2.75) is 19.0 Å². The van der Waals surface area contributed by atoms with Gasteiger partial charge in [-0.3, -0.25) is 9.69 Å². The zero-order valence-electron chi connectivity index (χ0n) is 18.2. The number of hydrogen-bond donors (Lipinski definition) is 1. The fraction of sp³-hybridized carbons (Fsp3) is 0.261. The number of urea groups is 1. The van der Waals surface area contributed by atoms with Gasteiger partial charge in [0.05, 0.1) is 33.6 Å². The molecule has 1 N–H and O–H groups in total. The van der Waals surface area contributed by atoms with Crippen molar-refractivity contribution in [3.05, 3.63) is 59.1 Å². The van der Waals surface area contributed by atoms with Crippen LogP contribution in [0.1, 0.15) is 18.2 Å². The van der Waals surface area contributed by atoms with Crippen molar-refractivity contribution < 1.29 is 23.8 Å². The second-order valence-electron chi connectivity index (χ2n) is 7.39. The van der Waals surface area contributed by atoms with Gasteiger partial charge in [0.2, 0.25) is 0 Å². The first-order valence-corrected chi connectivity index (χ1v) is 10.7. The van der Waals surface area contributed by atoms with Gasteiger partial charge in [-0.15, -0.1) is 11.3 Å². The minimum Gasteiger partial charge on any atom is -0.497 e. The number of amides is 3. The molecule has 1 aliphatic rings. The van der Waals surface area contributed by atoms with Gasteiger partial charge in [0.15, 0.2) is 11.5 Å². The Morgan fingerprint density at radius 1 is 1.00 bits per heavy atom. The Kier molecular flexibility index (Phi) is 5.75. The van der Waals surface area contributed by atoms with E-state index in [9.17, 15) is 9.59 Å². The Balaban J connectivity index is 1.54. The van der Waals surface area contributed by atoms with Crippen LogP contribution in [-0.2, 0) is 16.9 Å². The number of nitrogens with one attached hydrogen (secondary N) is 1. The third kappa shape index (κ3) is 3.75. The SMILES string of the molecule is COc1ccc(C2(C)NC(=O)N(Cc3csc(-c4ccc(OC)c(OC)c4)n3)C2=O)cc1. The van der Waals surface area contributed by atoms with Gasteiger partial charge in [-0.25, -0.2) is 9.78 Å². The van der Waals surface area contributed by atoms with Crippen LogP contribution in [0.2, 0.25) is 0 Å². The highest BCUT2D eigenvalue weighted by Crippen LogP contribution is 2.35. The van der Waals surface area contributed by atoms with E-state index in [1.165, 1.54) is 16.2 Å². The summed E-state index contributed by atoms with van der Waals surface area (Å²) in [6, 6.07) is 12.2. The largest absolute Gasteiger partial charge is 0.497 e. The van der Waals surface area contributed by atoms with Crippen LogP contribution in [0.4, 0.5) is 4.79 Å². The molecule has 1 unspecified atom stereocenters. The molecule has 166 valence electrons. The molecule has 0 radical (unpaired) electrons. The molecule has 8 nitrogen and oxygen atoms in total. The lowest BCUT2D eigenvalue weighted by molar-refractivity contribution is -0.131. The zero-order valence-corrected chi connectivity index (χ0v) is 19.0. The predicted octanol–water partition coefficient (Wildman–Crippen LogP) is 3.80. The fourth-order valence-corrected chi connectivity index (χ4v) is 4.41. The Morgan fingerprint density at radius 2 is 1.72 bits per heavy atom. The topological polar surface area (TPSA) is 90.0 Å². The van der Waals surface area contributed by atoms with Gasteiger partial charge in [-0.05, 0) is 42.8 Å². The molecule has 2 aromatic carbocycles. The van der Waals surface area contributed by atoms with Crippen molar-refractivity contribution in [2.24, 2.45) is 0 Å². The van der Waals surface area contributed by atoms with Gasteiger partial charge in [0.1, 0.15) is 16.3 Å². The molecule has 0 spiro atoms. The van der Waals surface area contributed by atoms with Gasteiger partial charge in [0.25, 0.3) is 5.91 Å². The van der Waals surface area contributed by atoms with Crippen LogP contribution in [0, 0.1) is 0 Å². The molecule has 1 aliphatic heterocycles. The third-order valence-electron chi connectivity index (χ3n) is 5.44. The standard InChI is InChI=1S/C23H23N3O5S/c1-23(15-6-8-17(29-2)9-7-15)21(27)26(22(28)25-23)12-16-13-32-20(24-16)14-5-10-18(30-3)19(11-14)31-4/h5-11,13H,12H2,1-4H3,(H,25,28). The van der Waals surface area contributed by atoms with E-state index in [4.69, 9.17) is 14.2 Å². The number of rotatable bonds is 7. The summed E-state index contributed by atoms with van der Waals surface area (Å²) in [6.45, 7) is 1.78. The normalized spacial score (nSPS) is 17.9. The Bertz CT molecular complexity index is 1160. The Hall–Kier alpha value is -3.59. The number of carbonyl (C=O) groups excluding carboxylic acids is 2. The molecule has 1 aromatic heterocycles. The summed E-state index contributed by atoms with van der Waals surface area (Å²) in [5.74, 6) is 1.58. The summed E-state index contributed by atoms with van der Waals surface area (Å²) >= 11 is 1.43. The highest BCUT2D eigenvalue weighted by molar-refractivity contribution is 7.13. The van der Waals surface area contributed by atoms with Gasteiger partial charge in [-0.2, -0.15) is 0 Å². The molecular formula is C23H23N3O5S. The van der Waals surface area contributed by atoms with Gasteiger partial charge in [-0.1, -0.05) is 12.1 Å². The summed E-state index contributed by atoms with van der Waals surface area (Å²) in [4.78, 5) is 31.6. The molecule has 2 heterocycles. The molecule has 0 saturated carbocycles. The summed E-state index contributed by atoms with van der Waals surface area (Å²) in [7, 11) is 4.73. The maximum atomic E-state index is 13.2. The predicted molar refractivity (Wildman–Crippen MR) is 120 cm³/mol. The second-order valence-corrected chi connectivity index (χ2v) is 8.25. The summed E-state index contributed by atoms with van der Waals surface area (Å²) in [6.07, 6.45) is 0. The highest BCUT2D eigenvalue weighted by Gasteiger charge is 2.49. The van der Waals surface area contributed by atoms with Crippen LogP contribution in [0.15, 0.2) is 47.8 Å². The highest BCUT2D eigenvalue weighted by atomic mass is 32.1. The van der Waals surface area contributed by atoms with E-state index in [-0.39, 0.29) is 12.5 Å². The average Bonchev–Trinajstić information content (AvgIpc) is 3.37. The van der Waals surface area contributed by atoms with E-state index >= 15 is 0 Å². The molecular weight excluding hydrogens is 430 g/mol. The van der Waals surface area contributed by atoms with Crippen molar-refractivity contribution in [1.29, 1.82) is 0 Å². The monoisotopic (exact) mass is 453 g/mol. The van der Waals surface area contributed by atoms with E-state index in [1.807, 2.05) is 23.6 Å². The summed E-state index contributed by atoms with van der Waals surface area (Å²) in [5, 5.41) is 5.41. The van der Waals surface area contributed by atoms with Crippen molar-refractivity contribution in [3.8, 4) is 27.8 Å². The Labute approximate surface area is 189 Å². The number of imide groups is 1. The molecule has 32 heavy (non-hydrogen) atoms. The minimum absolute atomic E-state index is 0.0835. The Morgan fingerprint density at radius 3 is 2.38 bits per heavy atom. The maximum absolute atomic E-state index is 13.2. The number of aromatic nitrogens is 1. The number of benzene rings is 2. The summed E-state index contributed by atoms with van der Waals surface area (Å²) in [5.41, 5.74) is 1.02. The van der Waals surface area contributed by atoms with Gasteiger partial charge < -0.3 is 19.5 Å². The third-order valence-corrected chi connectivity index (χ3v) is 6.38. The summed E-state index contributed by atoms with van der Waals surface area (Å²) < 4.78 is 15.8. The maximum Gasteiger partial charge on any atom is 0.325 e. The van der Waals surface area contributed by atoms with E-state index < -0.39 is 11.6 Å². The number of ether oxygens (including phenoxy) is 3. The first kappa shape index (κ1) is 21.6. The van der Waals surface area contributed by atoms with E-state index in [0.717, 1.165) is 10.6 Å². The lowest BCUT2D eigenvalue weighted by atomic mass is 9.92. The van der Waals surface area contributed by atoms with Crippen LogP contribution in [0.5, 0.6) is 17.2 Å². The van der Waals surface area contributed by atoms with Crippen molar-refractivity contribution in [1.82, 2.24) is 15.2 Å². The molecule has 3 aromatic rings. The van der Waals surface area contributed by atoms with E-state index in [0.29, 0.717) is 28.5 Å². The van der Waals surface area contributed by atoms with Gasteiger partial charge >= 0.3 is 6.03 Å². The molecule has 0 bridgehead atoms. The smallest absolute Gasteiger partial charge is 0.325 e. The first-order chi connectivity index (χ1) is 15.4. The molecule has 1 atom stereocenters. The minimum atomic E-state index is -1.15. The number of hydrogen-bond acceptors (Lipinski definition) is 7. The number of carbonyl (C=O) groups is 2. The zero-order chi connectivity index (χ0) is 22.9. The molecule has 0 aliphatic carbocycles. The fourth-order valence-electron chi connectivity index (χ4n) is 3.60. The second kappa shape index (κ2) is 8.51. The number of nitrogens with zero attached hydrogens (tertiary/aromatic N) is 2. The van der Waals surface area contributed by atoms with Crippen LogP contribution < -0.4 is 19.5 Å². The average molecular weight is 454 g/mol. The van der Waals surface area contributed by atoms with Crippen LogP contribution in [-0.4, -0.2) is 43.2 Å². The quantitative estimate of drug-likeness (QED) is 0.548. The first-order valence-electron chi connectivity index (χ1n) is 9.85. The van der Waals surface area contributed by atoms with Crippen molar-refractivity contribution in [2.75, 3.05) is 21.3 Å². The number of thiazole rings is 1. The van der Waals surface area contributed by atoms with E-state index in [2.05, 4.69) is 10.3 Å². The van der Waals surface area contributed by atoms with E-state index in [1.54, 1.807) is 52.5 Å². The molecule has 1 fully saturated rings. The van der Waals surface area contributed by atoms with Crippen LogP contribution >= 0.6 is 11.3 Å². The van der Waals surface area contributed by atoms with Crippen molar-refractivity contribution >= 4 is 23.3 Å². The molecule has 3 amide bonds. The molecule has 4 rings (SSSR count). The lowest BCUT2D eigenvalue weighted by Crippen LogP contribution is -2.40.